The van der Waals surface area contributed by atoms with Crippen LogP contribution in [0.2, 0.25) is 0 Å². The van der Waals surface area contributed by atoms with Gasteiger partial charge >= 0.3 is 0 Å². The van der Waals surface area contributed by atoms with Crippen LogP contribution < -0.4 is 11.1 Å². The first-order valence-corrected chi connectivity index (χ1v) is 7.20. The van der Waals surface area contributed by atoms with Gasteiger partial charge in [0, 0.05) is 11.5 Å². The Hall–Kier alpha value is -1.40. The van der Waals surface area contributed by atoms with E-state index in [1.807, 2.05) is 13.8 Å². The zero-order valence-electron chi connectivity index (χ0n) is 11.1. The third-order valence-electron chi connectivity index (χ3n) is 3.27. The Labute approximate surface area is 116 Å². The van der Waals surface area contributed by atoms with Crippen molar-refractivity contribution in [3.63, 3.8) is 0 Å². The molecular formula is C13H18N2O3S. The second kappa shape index (κ2) is 5.71. The van der Waals surface area contributed by atoms with Crippen molar-refractivity contribution >= 4 is 28.2 Å². The first-order valence-electron chi connectivity index (χ1n) is 6.39. The third kappa shape index (κ3) is 2.79. The van der Waals surface area contributed by atoms with Crippen LogP contribution in [0.15, 0.2) is 0 Å². The van der Waals surface area contributed by atoms with Crippen LogP contribution in [0.25, 0.3) is 0 Å². The molecule has 1 aromatic rings. The van der Waals surface area contributed by atoms with Crippen molar-refractivity contribution in [2.75, 3.05) is 11.9 Å². The maximum atomic E-state index is 12.0. The Bertz CT molecular complexity index is 504. The van der Waals surface area contributed by atoms with E-state index in [2.05, 4.69) is 5.32 Å². The molecule has 6 heteroatoms. The quantitative estimate of drug-likeness (QED) is 0.884. The average Bonchev–Trinajstić information content (AvgIpc) is 2.96. The Morgan fingerprint density at radius 2 is 2.26 bits per heavy atom. The molecule has 1 aliphatic rings. The first-order chi connectivity index (χ1) is 9.04. The van der Waals surface area contributed by atoms with Gasteiger partial charge in [-0.2, -0.15) is 0 Å². The number of thiophene rings is 1. The molecule has 1 saturated heterocycles. The van der Waals surface area contributed by atoms with Crippen LogP contribution in [-0.2, 0) is 16.0 Å². The number of primary amides is 1. The minimum Gasteiger partial charge on any atom is -0.368 e. The van der Waals surface area contributed by atoms with Crippen LogP contribution in [0.4, 0.5) is 5.00 Å². The van der Waals surface area contributed by atoms with E-state index in [0.29, 0.717) is 17.2 Å². The average molecular weight is 282 g/mol. The predicted octanol–water partition coefficient (Wildman–Crippen LogP) is 1.84. The monoisotopic (exact) mass is 282 g/mol. The molecule has 0 aromatic carbocycles. The molecule has 2 rings (SSSR count). The highest BCUT2D eigenvalue weighted by Gasteiger charge is 2.26. The molecule has 0 aliphatic carbocycles. The van der Waals surface area contributed by atoms with Gasteiger partial charge in [0.05, 0.1) is 5.56 Å². The van der Waals surface area contributed by atoms with Gasteiger partial charge in [0.1, 0.15) is 11.1 Å². The van der Waals surface area contributed by atoms with Crippen molar-refractivity contribution in [1.82, 2.24) is 0 Å². The number of nitrogens with one attached hydrogen (secondary N) is 1. The Morgan fingerprint density at radius 3 is 2.79 bits per heavy atom. The van der Waals surface area contributed by atoms with Gasteiger partial charge in [0.15, 0.2) is 0 Å². The molecule has 1 aliphatic heterocycles. The van der Waals surface area contributed by atoms with E-state index >= 15 is 0 Å². The van der Waals surface area contributed by atoms with E-state index in [9.17, 15) is 9.59 Å². The van der Waals surface area contributed by atoms with Crippen LogP contribution in [0.1, 0.15) is 40.6 Å². The van der Waals surface area contributed by atoms with E-state index in [-0.39, 0.29) is 5.91 Å². The van der Waals surface area contributed by atoms with Crippen molar-refractivity contribution in [3.05, 3.63) is 16.0 Å². The van der Waals surface area contributed by atoms with Gasteiger partial charge in [-0.15, -0.1) is 11.3 Å². The van der Waals surface area contributed by atoms with E-state index in [1.165, 1.54) is 11.3 Å². The lowest BCUT2D eigenvalue weighted by atomic mass is 10.1. The summed E-state index contributed by atoms with van der Waals surface area (Å²) in [5.41, 5.74) is 6.78. The molecule has 1 atom stereocenters. The SMILES string of the molecule is CCc1c(C)sc(NC(=O)[C@@H]2CCCO2)c1C(N)=O. The molecule has 1 aromatic heterocycles. The summed E-state index contributed by atoms with van der Waals surface area (Å²) in [5.74, 6) is -0.687. The summed E-state index contributed by atoms with van der Waals surface area (Å²) in [6.45, 7) is 4.51. The van der Waals surface area contributed by atoms with Crippen LogP contribution in [0.3, 0.4) is 0 Å². The van der Waals surface area contributed by atoms with Crippen molar-refractivity contribution in [1.29, 1.82) is 0 Å². The summed E-state index contributed by atoms with van der Waals surface area (Å²) in [6.07, 6.45) is 1.93. The molecule has 104 valence electrons. The summed E-state index contributed by atoms with van der Waals surface area (Å²) in [6, 6.07) is 0. The van der Waals surface area contributed by atoms with Crippen molar-refractivity contribution in [2.45, 2.75) is 39.2 Å². The molecule has 1 fully saturated rings. The largest absolute Gasteiger partial charge is 0.368 e. The van der Waals surface area contributed by atoms with Crippen LogP contribution in [0, 0.1) is 6.92 Å². The van der Waals surface area contributed by atoms with Gasteiger partial charge in [0.25, 0.3) is 11.8 Å². The summed E-state index contributed by atoms with van der Waals surface area (Å²) >= 11 is 1.39. The molecule has 0 radical (unpaired) electrons. The number of hydrogen-bond donors (Lipinski definition) is 2. The van der Waals surface area contributed by atoms with Gasteiger partial charge in [-0.05, 0) is 31.7 Å². The van der Waals surface area contributed by atoms with Gasteiger partial charge in [0.2, 0.25) is 0 Å². The Kier molecular flexibility index (Phi) is 4.21. The van der Waals surface area contributed by atoms with Crippen molar-refractivity contribution in [2.24, 2.45) is 5.73 Å². The summed E-state index contributed by atoms with van der Waals surface area (Å²) < 4.78 is 5.33. The number of anilines is 1. The zero-order valence-corrected chi connectivity index (χ0v) is 11.9. The van der Waals surface area contributed by atoms with E-state index in [0.717, 1.165) is 29.7 Å². The highest BCUT2D eigenvalue weighted by atomic mass is 32.1. The standard InChI is InChI=1S/C13H18N2O3S/c1-3-8-7(2)19-13(10(8)11(14)16)15-12(17)9-5-4-6-18-9/h9H,3-6H2,1-2H3,(H2,14,16)(H,15,17)/t9-/m0/s1. The van der Waals surface area contributed by atoms with Crippen LogP contribution >= 0.6 is 11.3 Å². The van der Waals surface area contributed by atoms with Gasteiger partial charge in [-0.3, -0.25) is 9.59 Å². The number of hydrogen-bond acceptors (Lipinski definition) is 4. The minimum atomic E-state index is -0.496. The molecule has 2 heterocycles. The normalized spacial score (nSPS) is 18.5. The molecule has 0 spiro atoms. The fraction of sp³-hybridized carbons (Fsp3) is 0.538. The smallest absolute Gasteiger partial charge is 0.254 e. The Morgan fingerprint density at radius 1 is 1.53 bits per heavy atom. The number of carbonyl (C=O) groups is 2. The number of amides is 2. The van der Waals surface area contributed by atoms with Gasteiger partial charge in [-0.1, -0.05) is 6.92 Å². The molecule has 0 unspecified atom stereocenters. The topological polar surface area (TPSA) is 81.4 Å². The second-order valence-electron chi connectivity index (χ2n) is 4.55. The molecule has 0 saturated carbocycles. The van der Waals surface area contributed by atoms with Crippen LogP contribution in [-0.4, -0.2) is 24.5 Å². The maximum Gasteiger partial charge on any atom is 0.254 e. The Balaban J connectivity index is 2.24. The summed E-state index contributed by atoms with van der Waals surface area (Å²) in [4.78, 5) is 24.6. The summed E-state index contributed by atoms with van der Waals surface area (Å²) in [5, 5.41) is 3.33. The van der Waals surface area contributed by atoms with Gasteiger partial charge < -0.3 is 15.8 Å². The minimum absolute atomic E-state index is 0.191. The molecular weight excluding hydrogens is 264 g/mol. The highest BCUT2D eigenvalue weighted by molar-refractivity contribution is 7.16. The lowest BCUT2D eigenvalue weighted by Gasteiger charge is -2.10. The molecule has 5 nitrogen and oxygen atoms in total. The van der Waals surface area contributed by atoms with Crippen molar-refractivity contribution in [3.8, 4) is 0 Å². The lowest BCUT2D eigenvalue weighted by Crippen LogP contribution is -2.27. The number of aryl methyl sites for hydroxylation is 1. The lowest BCUT2D eigenvalue weighted by molar-refractivity contribution is -0.124. The van der Waals surface area contributed by atoms with Crippen LogP contribution in [0.5, 0.6) is 0 Å². The molecule has 0 bridgehead atoms. The fourth-order valence-electron chi connectivity index (χ4n) is 2.33. The van der Waals surface area contributed by atoms with E-state index in [1.54, 1.807) is 0 Å². The maximum absolute atomic E-state index is 12.0. The van der Waals surface area contributed by atoms with E-state index < -0.39 is 12.0 Å². The number of carbonyl (C=O) groups excluding carboxylic acids is 2. The second-order valence-corrected chi connectivity index (χ2v) is 5.77. The predicted molar refractivity (Wildman–Crippen MR) is 74.6 cm³/mol. The number of nitrogens with two attached hydrogens (primary N) is 1. The molecule has 19 heavy (non-hydrogen) atoms. The zero-order chi connectivity index (χ0) is 14.0. The first kappa shape index (κ1) is 14.0. The fourth-order valence-corrected chi connectivity index (χ4v) is 3.48. The van der Waals surface area contributed by atoms with Gasteiger partial charge in [-0.25, -0.2) is 0 Å². The number of ether oxygens (including phenoxy) is 1. The number of rotatable bonds is 4. The third-order valence-corrected chi connectivity index (χ3v) is 4.33. The van der Waals surface area contributed by atoms with Crippen molar-refractivity contribution < 1.29 is 14.3 Å². The molecule has 3 N–H and O–H groups in total. The molecule has 2 amide bonds. The summed E-state index contributed by atoms with van der Waals surface area (Å²) in [7, 11) is 0. The highest BCUT2D eigenvalue weighted by Crippen LogP contribution is 2.33. The van der Waals surface area contributed by atoms with E-state index in [4.69, 9.17) is 10.5 Å².